The van der Waals surface area contributed by atoms with Crippen molar-refractivity contribution < 1.29 is 31.0 Å². The molecule has 2 aromatic carbocycles. The van der Waals surface area contributed by atoms with Crippen molar-refractivity contribution in [3.63, 3.8) is 0 Å². The first-order chi connectivity index (χ1) is 19.1. The Kier molecular flexibility index (Phi) is 9.78. The zero-order valence-electron chi connectivity index (χ0n) is 23.1. The summed E-state index contributed by atoms with van der Waals surface area (Å²) in [6, 6.07) is 12.5. The van der Waals surface area contributed by atoms with Crippen LogP contribution in [0.1, 0.15) is 43.0 Å². The van der Waals surface area contributed by atoms with E-state index in [2.05, 4.69) is 11.6 Å². The Morgan fingerprint density at radius 2 is 1.50 bits per heavy atom. The van der Waals surface area contributed by atoms with Gasteiger partial charge in [-0.15, -0.1) is 11.3 Å². The largest absolute Gasteiger partial charge is 0.493 e. The van der Waals surface area contributed by atoms with Crippen molar-refractivity contribution in [1.29, 1.82) is 0 Å². The van der Waals surface area contributed by atoms with Crippen LogP contribution in [0.25, 0.3) is 0 Å². The van der Waals surface area contributed by atoms with E-state index in [0.717, 1.165) is 30.6 Å². The van der Waals surface area contributed by atoms with Crippen LogP contribution in [0.4, 0.5) is 0 Å². The quantitative estimate of drug-likeness (QED) is 0.307. The highest BCUT2D eigenvalue weighted by Gasteiger charge is 2.29. The van der Waals surface area contributed by atoms with Crippen molar-refractivity contribution in [1.82, 2.24) is 9.03 Å². The molecule has 1 heterocycles. The second-order valence-corrected chi connectivity index (χ2v) is 14.5. The number of benzene rings is 2. The lowest BCUT2D eigenvalue weighted by Crippen LogP contribution is -2.40. The smallest absolute Gasteiger partial charge is 0.243 e. The SMILES string of the molecule is COc1cc(CN(Cc2cccs2)S(=O)(=O)c2ccc(S(=O)(=O)NC3CCCCC3C)cc2)cc(OC)c1OC. The van der Waals surface area contributed by atoms with Crippen LogP contribution >= 0.6 is 11.3 Å². The van der Waals surface area contributed by atoms with Gasteiger partial charge in [-0.25, -0.2) is 21.6 Å². The molecule has 0 amide bonds. The fourth-order valence-corrected chi connectivity index (χ4v) is 8.52. The summed E-state index contributed by atoms with van der Waals surface area (Å²) in [6.07, 6.45) is 3.87. The van der Waals surface area contributed by atoms with Crippen LogP contribution in [-0.4, -0.2) is 48.5 Å². The van der Waals surface area contributed by atoms with E-state index in [0.29, 0.717) is 22.8 Å². The van der Waals surface area contributed by atoms with Crippen LogP contribution < -0.4 is 18.9 Å². The first-order valence-corrected chi connectivity index (χ1v) is 16.8. The summed E-state index contributed by atoms with van der Waals surface area (Å²) < 4.78 is 74.4. The van der Waals surface area contributed by atoms with Gasteiger partial charge in [0.15, 0.2) is 11.5 Å². The van der Waals surface area contributed by atoms with Crippen LogP contribution in [0.3, 0.4) is 0 Å². The van der Waals surface area contributed by atoms with Gasteiger partial charge in [-0.3, -0.25) is 0 Å². The molecule has 0 saturated heterocycles. The molecule has 2 atom stereocenters. The molecule has 1 aliphatic rings. The highest BCUT2D eigenvalue weighted by atomic mass is 32.2. The van der Waals surface area contributed by atoms with E-state index < -0.39 is 20.0 Å². The summed E-state index contributed by atoms with van der Waals surface area (Å²) in [5.74, 6) is 1.50. The predicted octanol–water partition coefficient (Wildman–Crippen LogP) is 5.02. The molecule has 1 N–H and O–H groups in total. The van der Waals surface area contributed by atoms with Gasteiger partial charge in [0.05, 0.1) is 31.1 Å². The lowest BCUT2D eigenvalue weighted by Gasteiger charge is -2.29. The lowest BCUT2D eigenvalue weighted by atomic mass is 9.87. The molecule has 0 bridgehead atoms. The zero-order chi connectivity index (χ0) is 28.9. The molecule has 4 rings (SSSR count). The summed E-state index contributed by atoms with van der Waals surface area (Å²) in [5, 5.41) is 1.89. The highest BCUT2D eigenvalue weighted by molar-refractivity contribution is 7.89. The number of nitrogens with one attached hydrogen (secondary N) is 1. The Morgan fingerprint density at radius 3 is 2.05 bits per heavy atom. The third-order valence-electron chi connectivity index (χ3n) is 7.19. The number of thiophene rings is 1. The van der Waals surface area contributed by atoms with E-state index in [9.17, 15) is 16.8 Å². The number of ether oxygens (including phenoxy) is 3. The van der Waals surface area contributed by atoms with E-state index in [1.807, 2.05) is 17.5 Å². The van der Waals surface area contributed by atoms with E-state index in [1.165, 1.54) is 61.2 Å². The molecular weight excluding hydrogens is 573 g/mol. The summed E-state index contributed by atoms with van der Waals surface area (Å²) in [6.45, 7) is 2.22. The summed E-state index contributed by atoms with van der Waals surface area (Å²) in [5.41, 5.74) is 0.639. The van der Waals surface area contributed by atoms with Crippen LogP contribution in [0.15, 0.2) is 63.7 Å². The number of methoxy groups -OCH3 is 3. The van der Waals surface area contributed by atoms with Gasteiger partial charge in [-0.2, -0.15) is 4.31 Å². The fraction of sp³-hybridized carbons (Fsp3) is 0.429. The number of nitrogens with zero attached hydrogens (tertiary/aromatic N) is 1. The maximum absolute atomic E-state index is 13.9. The van der Waals surface area contributed by atoms with E-state index in [4.69, 9.17) is 14.2 Å². The van der Waals surface area contributed by atoms with Gasteiger partial charge < -0.3 is 14.2 Å². The molecule has 2 unspecified atom stereocenters. The van der Waals surface area contributed by atoms with Crippen molar-refractivity contribution >= 4 is 31.4 Å². The van der Waals surface area contributed by atoms with Gasteiger partial charge in [-0.05, 0) is 72.2 Å². The Morgan fingerprint density at radius 1 is 0.875 bits per heavy atom. The number of hydrogen-bond acceptors (Lipinski definition) is 8. The molecule has 0 aliphatic heterocycles. The average molecular weight is 609 g/mol. The Bertz CT molecular complexity index is 1460. The molecule has 1 fully saturated rings. The Hall–Kier alpha value is -2.64. The minimum atomic E-state index is -4.02. The first kappa shape index (κ1) is 30.3. The van der Waals surface area contributed by atoms with Gasteiger partial charge in [0.25, 0.3) is 0 Å². The van der Waals surface area contributed by atoms with E-state index in [1.54, 1.807) is 12.1 Å². The average Bonchev–Trinajstić information content (AvgIpc) is 3.46. The highest BCUT2D eigenvalue weighted by Crippen LogP contribution is 2.39. The molecule has 1 aliphatic carbocycles. The second-order valence-electron chi connectivity index (χ2n) is 9.85. The molecule has 0 radical (unpaired) electrons. The van der Waals surface area contributed by atoms with Gasteiger partial charge in [0.1, 0.15) is 0 Å². The lowest BCUT2D eigenvalue weighted by molar-refractivity contribution is 0.310. The third kappa shape index (κ3) is 6.80. The third-order valence-corrected chi connectivity index (χ3v) is 11.4. The summed E-state index contributed by atoms with van der Waals surface area (Å²) in [4.78, 5) is 0.904. The van der Waals surface area contributed by atoms with Crippen LogP contribution in [0.2, 0.25) is 0 Å². The molecule has 3 aromatic rings. The van der Waals surface area contributed by atoms with Crippen molar-refractivity contribution in [3.05, 3.63) is 64.4 Å². The summed E-state index contributed by atoms with van der Waals surface area (Å²) in [7, 11) is -3.30. The molecule has 9 nitrogen and oxygen atoms in total. The Balaban J connectivity index is 1.63. The topological polar surface area (TPSA) is 111 Å². The van der Waals surface area contributed by atoms with Gasteiger partial charge >= 0.3 is 0 Å². The maximum atomic E-state index is 13.9. The molecule has 0 spiro atoms. The zero-order valence-corrected chi connectivity index (χ0v) is 25.6. The number of rotatable bonds is 12. The van der Waals surface area contributed by atoms with Gasteiger partial charge in [-0.1, -0.05) is 25.8 Å². The van der Waals surface area contributed by atoms with Crippen molar-refractivity contribution in [2.24, 2.45) is 5.92 Å². The molecule has 12 heteroatoms. The van der Waals surface area contributed by atoms with Gasteiger partial charge in [0, 0.05) is 24.0 Å². The molecule has 40 heavy (non-hydrogen) atoms. The van der Waals surface area contributed by atoms with Crippen LogP contribution in [0.5, 0.6) is 17.2 Å². The van der Waals surface area contributed by atoms with E-state index in [-0.39, 0.29) is 34.8 Å². The van der Waals surface area contributed by atoms with Crippen molar-refractivity contribution in [2.45, 2.75) is 61.5 Å². The second kappa shape index (κ2) is 12.9. The fourth-order valence-electron chi connectivity index (χ4n) is 4.93. The maximum Gasteiger partial charge on any atom is 0.243 e. The number of hydrogen-bond donors (Lipinski definition) is 1. The number of sulfonamides is 2. The molecule has 218 valence electrons. The predicted molar refractivity (Wildman–Crippen MR) is 155 cm³/mol. The molecule has 1 saturated carbocycles. The monoisotopic (exact) mass is 608 g/mol. The van der Waals surface area contributed by atoms with Crippen molar-refractivity contribution in [3.8, 4) is 17.2 Å². The standard InChI is InChI=1S/C28H36N2O7S3/c1-20-8-5-6-10-25(20)29-39(31,32)23-11-13-24(14-12-23)40(33,34)30(19-22-9-7-15-38-22)18-21-16-26(35-2)28(37-4)27(17-21)36-3/h7,9,11-17,20,25,29H,5-6,8,10,18-19H2,1-4H3. The molecular formula is C28H36N2O7S3. The minimum absolute atomic E-state index is 0.00137. The Labute approximate surface area is 241 Å². The molecule has 1 aromatic heterocycles. The van der Waals surface area contributed by atoms with Crippen LogP contribution in [0, 0.1) is 5.92 Å². The summed E-state index contributed by atoms with van der Waals surface area (Å²) >= 11 is 1.45. The van der Waals surface area contributed by atoms with E-state index >= 15 is 0 Å². The van der Waals surface area contributed by atoms with Crippen molar-refractivity contribution in [2.75, 3.05) is 21.3 Å². The minimum Gasteiger partial charge on any atom is -0.493 e. The normalized spacial score (nSPS) is 18.0. The van der Waals surface area contributed by atoms with Crippen LogP contribution in [-0.2, 0) is 33.1 Å². The van der Waals surface area contributed by atoms with Gasteiger partial charge in [0.2, 0.25) is 25.8 Å². The first-order valence-electron chi connectivity index (χ1n) is 13.0.